The van der Waals surface area contributed by atoms with Gasteiger partial charge in [-0.05, 0) is 74.6 Å². The number of amides is 5. The second-order valence-corrected chi connectivity index (χ2v) is 10.8. The molecule has 1 aromatic rings. The summed E-state index contributed by atoms with van der Waals surface area (Å²) in [6, 6.07) is 4.99. The van der Waals surface area contributed by atoms with Crippen molar-refractivity contribution in [3.63, 3.8) is 0 Å². The van der Waals surface area contributed by atoms with Crippen molar-refractivity contribution in [3.8, 4) is 0 Å². The van der Waals surface area contributed by atoms with E-state index >= 15 is 0 Å². The Balaban J connectivity index is 1.46. The van der Waals surface area contributed by atoms with E-state index in [1.165, 1.54) is 17.0 Å². The van der Waals surface area contributed by atoms with Crippen LogP contribution in [0.5, 0.6) is 0 Å². The smallest absolute Gasteiger partial charge is 0.328 e. The van der Waals surface area contributed by atoms with E-state index in [1.807, 2.05) is 13.8 Å². The molecule has 1 aromatic carbocycles. The topological polar surface area (TPSA) is 125 Å². The molecule has 10 heteroatoms. The van der Waals surface area contributed by atoms with Crippen molar-refractivity contribution >= 4 is 28.0 Å². The van der Waals surface area contributed by atoms with Gasteiger partial charge in [-0.2, -0.15) is 0 Å². The average molecular weight is 491 g/mol. The lowest BCUT2D eigenvalue weighted by Gasteiger charge is -2.26. The first-order chi connectivity index (χ1) is 16.1. The predicted molar refractivity (Wildman–Crippen MR) is 129 cm³/mol. The molecular weight excluding hydrogens is 456 g/mol. The first-order valence-corrected chi connectivity index (χ1v) is 13.3. The summed E-state index contributed by atoms with van der Waals surface area (Å²) in [4.78, 5) is 38.0. The van der Waals surface area contributed by atoms with Crippen molar-refractivity contribution < 1.29 is 22.8 Å². The van der Waals surface area contributed by atoms with E-state index in [0.29, 0.717) is 37.4 Å². The van der Waals surface area contributed by atoms with Crippen LogP contribution in [0.4, 0.5) is 9.59 Å². The van der Waals surface area contributed by atoms with Crippen molar-refractivity contribution in [2.24, 2.45) is 5.92 Å². The second kappa shape index (κ2) is 11.0. The van der Waals surface area contributed by atoms with Crippen molar-refractivity contribution in [2.45, 2.75) is 70.2 Å². The Kier molecular flexibility index (Phi) is 8.35. The number of sulfonamides is 1. The zero-order valence-corrected chi connectivity index (χ0v) is 20.8. The molecule has 0 aromatic heterocycles. The molecule has 2 aliphatic rings. The Morgan fingerprint density at radius 3 is 2.32 bits per heavy atom. The maximum Gasteiger partial charge on any atom is 0.328 e. The number of hydrogen-bond donors (Lipinski definition) is 3. The van der Waals surface area contributed by atoms with Gasteiger partial charge in [0.05, 0.1) is 11.4 Å². The molecule has 0 bridgehead atoms. The number of hydrogen-bond acceptors (Lipinski definition) is 5. The van der Waals surface area contributed by atoms with E-state index < -0.39 is 22.1 Å². The zero-order valence-electron chi connectivity index (χ0n) is 20.0. The number of benzene rings is 1. The molecule has 34 heavy (non-hydrogen) atoms. The number of rotatable bonds is 7. The van der Waals surface area contributed by atoms with Crippen LogP contribution in [0.25, 0.3) is 0 Å². The fourth-order valence-electron chi connectivity index (χ4n) is 4.41. The molecule has 3 N–H and O–H groups in total. The van der Waals surface area contributed by atoms with E-state index in [1.54, 1.807) is 12.1 Å². The van der Waals surface area contributed by atoms with E-state index in [-0.39, 0.29) is 16.8 Å². The van der Waals surface area contributed by atoms with E-state index in [0.717, 1.165) is 36.8 Å². The van der Waals surface area contributed by atoms with Gasteiger partial charge in [0.2, 0.25) is 0 Å². The molecule has 0 radical (unpaired) electrons. The minimum atomic E-state index is -3.98. The highest BCUT2D eigenvalue weighted by molar-refractivity contribution is 7.90. The minimum absolute atomic E-state index is 0.00639. The number of carbonyl (C=O) groups excluding carboxylic acids is 3. The van der Waals surface area contributed by atoms with Crippen LogP contribution in [0.15, 0.2) is 40.3 Å². The SMILES string of the molecule is CCC1=C(C)CN(C(=O)NCCc2ccc(S(=O)(=O)NC(=O)N[C@H]3CC[C@@H](C)CC3)cc2)C1=O. The summed E-state index contributed by atoms with van der Waals surface area (Å²) in [6.45, 7) is 6.53. The lowest BCUT2D eigenvalue weighted by Crippen LogP contribution is -2.45. The van der Waals surface area contributed by atoms with Gasteiger partial charge in [0.15, 0.2) is 0 Å². The van der Waals surface area contributed by atoms with Gasteiger partial charge in [0, 0.05) is 18.2 Å². The molecule has 1 heterocycles. The molecule has 3 rings (SSSR count). The molecule has 1 fully saturated rings. The number of nitrogens with zero attached hydrogens (tertiary/aromatic N) is 1. The van der Waals surface area contributed by atoms with Crippen LogP contribution in [0.2, 0.25) is 0 Å². The molecular formula is C24H34N4O5S. The monoisotopic (exact) mass is 490 g/mol. The molecule has 1 saturated carbocycles. The van der Waals surface area contributed by atoms with Gasteiger partial charge in [-0.1, -0.05) is 26.0 Å². The molecule has 0 spiro atoms. The Hall–Kier alpha value is -2.88. The quantitative estimate of drug-likeness (QED) is 0.542. The summed E-state index contributed by atoms with van der Waals surface area (Å²) in [6.07, 6.45) is 4.80. The van der Waals surface area contributed by atoms with Crippen LogP contribution >= 0.6 is 0 Å². The Labute approximate surface area is 201 Å². The maximum atomic E-state index is 12.5. The molecule has 186 valence electrons. The maximum absolute atomic E-state index is 12.5. The zero-order chi connectivity index (χ0) is 24.9. The highest BCUT2D eigenvalue weighted by Gasteiger charge is 2.31. The van der Waals surface area contributed by atoms with Gasteiger partial charge in [0.25, 0.3) is 15.9 Å². The lowest BCUT2D eigenvalue weighted by atomic mass is 9.87. The summed E-state index contributed by atoms with van der Waals surface area (Å²) < 4.78 is 27.2. The van der Waals surface area contributed by atoms with Crippen molar-refractivity contribution in [1.82, 2.24) is 20.3 Å². The summed E-state index contributed by atoms with van der Waals surface area (Å²) in [5.74, 6) is 0.385. The number of nitrogens with one attached hydrogen (secondary N) is 3. The largest absolute Gasteiger partial charge is 0.337 e. The normalized spacial score (nSPS) is 20.9. The molecule has 1 aliphatic heterocycles. The summed E-state index contributed by atoms with van der Waals surface area (Å²) in [5, 5.41) is 5.49. The Morgan fingerprint density at radius 2 is 1.74 bits per heavy atom. The van der Waals surface area contributed by atoms with Crippen molar-refractivity contribution in [2.75, 3.05) is 13.1 Å². The molecule has 0 saturated heterocycles. The van der Waals surface area contributed by atoms with Gasteiger partial charge in [0.1, 0.15) is 0 Å². The highest BCUT2D eigenvalue weighted by Crippen LogP contribution is 2.23. The molecule has 1 aliphatic carbocycles. The Morgan fingerprint density at radius 1 is 1.09 bits per heavy atom. The van der Waals surface area contributed by atoms with Crippen molar-refractivity contribution in [3.05, 3.63) is 41.0 Å². The Bertz CT molecular complexity index is 1060. The standard InChI is InChI=1S/C24H34N4O5S/c1-4-21-17(3)15-28(22(21)29)24(31)25-14-13-18-7-11-20(12-8-18)34(32,33)27-23(30)26-19-9-5-16(2)6-10-19/h7-8,11-12,16,19H,4-6,9-10,13-15H2,1-3H3,(H,25,31)(H2,26,27,30)/t16-,19+. The van der Waals surface area contributed by atoms with Gasteiger partial charge in [-0.15, -0.1) is 0 Å². The van der Waals surface area contributed by atoms with Crippen LogP contribution in [-0.2, 0) is 21.2 Å². The number of imide groups is 1. The number of urea groups is 2. The van der Waals surface area contributed by atoms with Crippen molar-refractivity contribution in [1.29, 1.82) is 0 Å². The average Bonchev–Trinajstić information content (AvgIpc) is 3.08. The summed E-state index contributed by atoms with van der Waals surface area (Å²) in [5.41, 5.74) is 2.41. The van der Waals surface area contributed by atoms with Gasteiger partial charge in [-0.25, -0.2) is 22.7 Å². The van der Waals surface area contributed by atoms with Gasteiger partial charge >= 0.3 is 12.1 Å². The second-order valence-electron chi connectivity index (χ2n) is 9.17. The molecule has 9 nitrogen and oxygen atoms in total. The number of carbonyl (C=O) groups is 3. The third-order valence-electron chi connectivity index (χ3n) is 6.51. The van der Waals surface area contributed by atoms with Crippen LogP contribution in [0.1, 0.15) is 58.4 Å². The van der Waals surface area contributed by atoms with Crippen LogP contribution in [0, 0.1) is 5.92 Å². The highest BCUT2D eigenvalue weighted by atomic mass is 32.2. The first kappa shape index (κ1) is 25.7. The first-order valence-electron chi connectivity index (χ1n) is 11.8. The molecule has 5 amide bonds. The fraction of sp³-hybridized carbons (Fsp3) is 0.542. The van der Waals surface area contributed by atoms with Crippen LogP contribution in [0.3, 0.4) is 0 Å². The fourth-order valence-corrected chi connectivity index (χ4v) is 5.33. The van der Waals surface area contributed by atoms with E-state index in [2.05, 4.69) is 22.3 Å². The van der Waals surface area contributed by atoms with E-state index in [4.69, 9.17) is 0 Å². The molecule has 0 unspecified atom stereocenters. The minimum Gasteiger partial charge on any atom is -0.337 e. The van der Waals surface area contributed by atoms with Crippen LogP contribution in [-0.4, -0.2) is 50.4 Å². The van der Waals surface area contributed by atoms with Gasteiger partial charge < -0.3 is 10.6 Å². The summed E-state index contributed by atoms with van der Waals surface area (Å²) >= 11 is 0. The third kappa shape index (κ3) is 6.37. The van der Waals surface area contributed by atoms with Crippen LogP contribution < -0.4 is 15.4 Å². The predicted octanol–water partition coefficient (Wildman–Crippen LogP) is 3.07. The summed E-state index contributed by atoms with van der Waals surface area (Å²) in [7, 11) is -3.98. The van der Waals surface area contributed by atoms with Gasteiger partial charge in [-0.3, -0.25) is 9.69 Å². The van der Waals surface area contributed by atoms with E-state index in [9.17, 15) is 22.8 Å². The third-order valence-corrected chi connectivity index (χ3v) is 7.86. The molecule has 0 atom stereocenters. The lowest BCUT2D eigenvalue weighted by molar-refractivity contribution is -0.123.